The zero-order valence-corrected chi connectivity index (χ0v) is 19.1. The van der Waals surface area contributed by atoms with E-state index in [4.69, 9.17) is 11.6 Å². The minimum atomic E-state index is -3.62. The Hall–Kier alpha value is -1.87. The molecule has 0 bridgehead atoms. The Balaban J connectivity index is 2.21. The van der Waals surface area contributed by atoms with Crippen molar-refractivity contribution >= 4 is 27.5 Å². The number of carbonyl (C=O) groups is 1. The van der Waals surface area contributed by atoms with Gasteiger partial charge in [0.2, 0.25) is 10.0 Å². The van der Waals surface area contributed by atoms with Gasteiger partial charge < -0.3 is 14.8 Å². The molecule has 1 N–H and O–H groups in total. The van der Waals surface area contributed by atoms with Crippen molar-refractivity contribution in [1.82, 2.24) is 19.1 Å². The molecule has 1 aromatic carbocycles. The summed E-state index contributed by atoms with van der Waals surface area (Å²) in [5.41, 5.74) is 1.20. The number of halogens is 1. The van der Waals surface area contributed by atoms with Gasteiger partial charge in [-0.15, -0.1) is 0 Å². The number of sulfonamides is 1. The van der Waals surface area contributed by atoms with E-state index in [0.717, 1.165) is 5.56 Å². The van der Waals surface area contributed by atoms with Gasteiger partial charge in [0.1, 0.15) is 10.6 Å². The van der Waals surface area contributed by atoms with E-state index in [1.807, 2.05) is 43.3 Å². The monoisotopic (exact) mass is 440 g/mol. The molecule has 0 aliphatic carbocycles. The van der Waals surface area contributed by atoms with Gasteiger partial charge >= 0.3 is 0 Å². The molecule has 0 saturated carbocycles. The lowest BCUT2D eigenvalue weighted by Gasteiger charge is -2.26. The minimum absolute atomic E-state index is 0.115. The predicted octanol–water partition coefficient (Wildman–Crippen LogP) is 2.74. The number of carbonyl (C=O) groups excluding carboxylic acids is 1. The third-order valence-electron chi connectivity index (χ3n) is 4.90. The molecule has 1 aromatic heterocycles. The lowest BCUT2D eigenvalue weighted by atomic mass is 10.1. The van der Waals surface area contributed by atoms with Crippen molar-refractivity contribution in [3.63, 3.8) is 0 Å². The normalized spacial score (nSPS) is 13.1. The van der Waals surface area contributed by atoms with Crippen molar-refractivity contribution in [3.8, 4) is 0 Å². The van der Waals surface area contributed by atoms with Gasteiger partial charge in [-0.3, -0.25) is 4.79 Å². The number of benzene rings is 1. The Morgan fingerprint density at radius 3 is 2.38 bits per heavy atom. The van der Waals surface area contributed by atoms with Crippen LogP contribution in [0.2, 0.25) is 5.02 Å². The van der Waals surface area contributed by atoms with Crippen LogP contribution < -0.4 is 5.32 Å². The fourth-order valence-corrected chi connectivity index (χ4v) is 5.00. The number of likely N-dealkylation sites (N-methyl/N-ethyl adjacent to an activating group) is 1. The highest BCUT2D eigenvalue weighted by atomic mass is 35.5. The second-order valence-electron chi connectivity index (χ2n) is 6.97. The number of rotatable bonds is 9. The smallest absolute Gasteiger partial charge is 0.268 e. The molecule has 1 unspecified atom stereocenters. The zero-order valence-electron chi connectivity index (χ0n) is 17.5. The van der Waals surface area contributed by atoms with Crippen molar-refractivity contribution in [3.05, 3.63) is 52.8 Å². The first-order valence-electron chi connectivity index (χ1n) is 9.49. The van der Waals surface area contributed by atoms with Crippen molar-refractivity contribution < 1.29 is 13.2 Å². The van der Waals surface area contributed by atoms with Crippen LogP contribution in [-0.4, -0.2) is 61.8 Å². The maximum absolute atomic E-state index is 12.8. The molecule has 1 atom stereocenters. The van der Waals surface area contributed by atoms with Crippen molar-refractivity contribution in [2.45, 2.75) is 24.8 Å². The molecular weight excluding hydrogens is 412 g/mol. The maximum atomic E-state index is 12.8. The summed E-state index contributed by atoms with van der Waals surface area (Å²) in [6, 6.07) is 8.81. The molecule has 0 aliphatic rings. The van der Waals surface area contributed by atoms with E-state index < -0.39 is 10.0 Å². The van der Waals surface area contributed by atoms with Crippen LogP contribution in [0, 0.1) is 0 Å². The summed E-state index contributed by atoms with van der Waals surface area (Å²) in [5.74, 6) is -0.340. The van der Waals surface area contributed by atoms with E-state index in [1.54, 1.807) is 20.9 Å². The standard InChI is InChI=1S/C20H29ClN4O3S/c1-6-25(7-2)29(27,28)15-12-18(24(5)14-15)20(26)22-13-19(23(3)4)16-10-8-9-11-17(16)21/h8-12,14,19H,6-7,13H2,1-5H3,(H,22,26). The molecule has 1 heterocycles. The van der Waals surface area contributed by atoms with Gasteiger partial charge in [-0.2, -0.15) is 4.31 Å². The number of nitrogens with zero attached hydrogens (tertiary/aromatic N) is 3. The first kappa shape index (κ1) is 23.4. The molecule has 160 valence electrons. The summed E-state index contributed by atoms with van der Waals surface area (Å²) in [7, 11) is 1.87. The predicted molar refractivity (Wildman–Crippen MR) is 116 cm³/mol. The molecule has 1 amide bonds. The molecule has 0 spiro atoms. The van der Waals surface area contributed by atoms with Crippen LogP contribution in [0.1, 0.15) is 35.9 Å². The Morgan fingerprint density at radius 2 is 1.83 bits per heavy atom. The molecule has 7 nitrogen and oxygen atoms in total. The molecule has 2 rings (SSSR count). The average Bonchev–Trinajstić information content (AvgIpc) is 3.06. The van der Waals surface area contributed by atoms with Crippen molar-refractivity contribution in [2.75, 3.05) is 33.7 Å². The fraction of sp³-hybridized carbons (Fsp3) is 0.450. The van der Waals surface area contributed by atoms with Crippen molar-refractivity contribution in [2.24, 2.45) is 7.05 Å². The summed E-state index contributed by atoms with van der Waals surface area (Å²) in [6.07, 6.45) is 1.47. The Kier molecular flexibility index (Phi) is 7.87. The topological polar surface area (TPSA) is 74.7 Å². The van der Waals surface area contributed by atoms with Crippen LogP contribution >= 0.6 is 11.6 Å². The third kappa shape index (κ3) is 5.19. The van der Waals surface area contributed by atoms with Gasteiger partial charge in [-0.05, 0) is 31.8 Å². The van der Waals surface area contributed by atoms with E-state index in [2.05, 4.69) is 5.32 Å². The molecule has 0 saturated heterocycles. The van der Waals surface area contributed by atoms with Crippen LogP contribution in [0.5, 0.6) is 0 Å². The fourth-order valence-electron chi connectivity index (χ4n) is 3.21. The van der Waals surface area contributed by atoms with Gasteiger partial charge in [0, 0.05) is 37.9 Å². The molecule has 2 aromatic rings. The molecule has 29 heavy (non-hydrogen) atoms. The van der Waals surface area contributed by atoms with Gasteiger partial charge in [0.15, 0.2) is 0 Å². The van der Waals surface area contributed by atoms with Gasteiger partial charge in [-0.1, -0.05) is 43.6 Å². The summed E-state index contributed by atoms with van der Waals surface area (Å²) < 4.78 is 28.3. The molecule has 0 fully saturated rings. The lowest BCUT2D eigenvalue weighted by molar-refractivity contribution is 0.0933. The number of hydrogen-bond acceptors (Lipinski definition) is 4. The Bertz CT molecular complexity index is 952. The Morgan fingerprint density at radius 1 is 1.21 bits per heavy atom. The number of aromatic nitrogens is 1. The van der Waals surface area contributed by atoms with Crippen LogP contribution in [0.3, 0.4) is 0 Å². The minimum Gasteiger partial charge on any atom is -0.349 e. The van der Waals surface area contributed by atoms with Gasteiger partial charge in [0.25, 0.3) is 5.91 Å². The average molecular weight is 441 g/mol. The first-order valence-corrected chi connectivity index (χ1v) is 11.3. The van der Waals surface area contributed by atoms with Crippen LogP contribution in [0.4, 0.5) is 0 Å². The van der Waals surface area contributed by atoms with Crippen molar-refractivity contribution in [1.29, 1.82) is 0 Å². The van der Waals surface area contributed by atoms with E-state index in [9.17, 15) is 13.2 Å². The summed E-state index contributed by atoms with van der Waals surface area (Å²) in [4.78, 5) is 14.9. The summed E-state index contributed by atoms with van der Waals surface area (Å²) >= 11 is 6.32. The number of aryl methyl sites for hydroxylation is 1. The highest BCUT2D eigenvalue weighted by molar-refractivity contribution is 7.89. The molecule has 0 aliphatic heterocycles. The van der Waals surface area contributed by atoms with E-state index in [1.165, 1.54) is 21.1 Å². The second-order valence-corrected chi connectivity index (χ2v) is 9.32. The second kappa shape index (κ2) is 9.75. The van der Waals surface area contributed by atoms with Gasteiger partial charge in [-0.25, -0.2) is 8.42 Å². The largest absolute Gasteiger partial charge is 0.349 e. The van der Waals surface area contributed by atoms with Crippen LogP contribution in [0.25, 0.3) is 0 Å². The lowest BCUT2D eigenvalue weighted by Crippen LogP contribution is -2.35. The van der Waals surface area contributed by atoms with Crippen LogP contribution in [0.15, 0.2) is 41.4 Å². The molecular formula is C20H29ClN4O3S. The third-order valence-corrected chi connectivity index (χ3v) is 7.26. The highest BCUT2D eigenvalue weighted by Gasteiger charge is 2.26. The number of amides is 1. The maximum Gasteiger partial charge on any atom is 0.268 e. The number of hydrogen-bond donors (Lipinski definition) is 1. The first-order chi connectivity index (χ1) is 13.6. The Labute approximate surface area is 178 Å². The zero-order chi connectivity index (χ0) is 21.8. The van der Waals surface area contributed by atoms with E-state index in [0.29, 0.717) is 24.7 Å². The van der Waals surface area contributed by atoms with E-state index >= 15 is 0 Å². The number of nitrogens with one attached hydrogen (secondary N) is 1. The molecule has 9 heteroatoms. The highest BCUT2D eigenvalue weighted by Crippen LogP contribution is 2.25. The van der Waals surface area contributed by atoms with Crippen LogP contribution in [-0.2, 0) is 17.1 Å². The SMILES string of the molecule is CCN(CC)S(=O)(=O)c1cc(C(=O)NCC(c2ccccc2Cl)N(C)C)n(C)c1. The quantitative estimate of drug-likeness (QED) is 0.650. The molecule has 0 radical (unpaired) electrons. The summed E-state index contributed by atoms with van der Waals surface area (Å²) in [5, 5.41) is 3.53. The summed E-state index contributed by atoms with van der Waals surface area (Å²) in [6.45, 7) is 4.65. The van der Waals surface area contributed by atoms with E-state index in [-0.39, 0.29) is 22.5 Å². The van der Waals surface area contributed by atoms with Gasteiger partial charge in [0.05, 0.1) is 6.04 Å².